The van der Waals surface area contributed by atoms with Gasteiger partial charge >= 0.3 is 25.8 Å². The molecule has 1 aliphatic heterocycles. The van der Waals surface area contributed by atoms with Crippen LogP contribution in [-0.4, -0.2) is 142 Å². The summed E-state index contributed by atoms with van der Waals surface area (Å²) in [5.41, 5.74) is -9.53. The van der Waals surface area contributed by atoms with Gasteiger partial charge in [0.05, 0.1) is 39.6 Å². The number of nitrogens with zero attached hydrogens (tertiary/aromatic N) is 1. The molecule has 274 valence electrons. The highest BCUT2D eigenvalue weighted by atomic mass is 31.2. The van der Waals surface area contributed by atoms with Gasteiger partial charge in [-0.3, -0.25) is 18.9 Å². The molecular weight excluding hydrogens is 682 g/mol. The number of rotatable bonds is 22. The van der Waals surface area contributed by atoms with E-state index in [0.29, 0.717) is 17.8 Å². The maximum atomic E-state index is 14.5. The summed E-state index contributed by atoms with van der Waals surface area (Å²) in [5.74, 6) is 0. The van der Waals surface area contributed by atoms with Crippen LogP contribution in [0.1, 0.15) is 13.2 Å². The second-order valence-corrected chi connectivity index (χ2v) is 11.7. The topological polar surface area (TPSA) is 257 Å². The second-order valence-electron chi connectivity index (χ2n) is 10.0. The Hall–Kier alpha value is -3.02. The van der Waals surface area contributed by atoms with Crippen LogP contribution in [0.4, 0.5) is 14.0 Å². The van der Waals surface area contributed by atoms with Crippen molar-refractivity contribution in [2.24, 2.45) is 0 Å². The summed E-state index contributed by atoms with van der Waals surface area (Å²) < 4.78 is 88.2. The Morgan fingerprint density at radius 2 is 1.44 bits per heavy atom. The van der Waals surface area contributed by atoms with Crippen LogP contribution < -0.4 is 11.2 Å². The van der Waals surface area contributed by atoms with Gasteiger partial charge < -0.3 is 52.8 Å². The molecule has 1 aliphatic carbocycles. The van der Waals surface area contributed by atoms with E-state index in [0.717, 1.165) is 19.2 Å². The van der Waals surface area contributed by atoms with Crippen LogP contribution in [0.15, 0.2) is 21.9 Å². The molecule has 21 nitrogen and oxygen atoms in total. The summed E-state index contributed by atoms with van der Waals surface area (Å²) in [6.45, 7) is -2.31. The van der Waals surface area contributed by atoms with E-state index in [1.54, 1.807) is 0 Å². The number of fused-ring (bicyclic) bond motifs is 1. The summed E-state index contributed by atoms with van der Waals surface area (Å²) in [6, 6.07) is 0.916. The monoisotopic (exact) mass is 720 g/mol. The zero-order valence-electron chi connectivity index (χ0n) is 26.2. The Bertz CT molecular complexity index is 1340. The number of carbonyl (C=O) groups excluding carboxylic acids is 2. The first-order chi connectivity index (χ1) is 22.8. The van der Waals surface area contributed by atoms with Gasteiger partial charge in [-0.25, -0.2) is 32.4 Å². The van der Waals surface area contributed by atoms with Gasteiger partial charge in [-0.05, 0) is 6.92 Å². The molecule has 2 fully saturated rings. The minimum Gasteiger partial charge on any atom is -0.432 e. The van der Waals surface area contributed by atoms with E-state index < -0.39 is 80.8 Å². The van der Waals surface area contributed by atoms with Crippen molar-refractivity contribution in [3.8, 4) is 0 Å². The van der Waals surface area contributed by atoms with Crippen molar-refractivity contribution in [2.75, 3.05) is 87.3 Å². The molecule has 2 aliphatic rings. The summed E-state index contributed by atoms with van der Waals surface area (Å²) in [6.07, 6.45) is -5.42. The van der Waals surface area contributed by atoms with Crippen molar-refractivity contribution in [1.82, 2.24) is 9.55 Å². The number of aromatic nitrogens is 2. The van der Waals surface area contributed by atoms with Crippen molar-refractivity contribution in [2.45, 2.75) is 36.1 Å². The lowest BCUT2D eigenvalue weighted by Crippen LogP contribution is -2.51. The molecule has 0 amide bonds. The van der Waals surface area contributed by atoms with Gasteiger partial charge in [-0.2, -0.15) is 0 Å². The number of alkyl halides is 1. The van der Waals surface area contributed by atoms with Crippen LogP contribution in [0.25, 0.3) is 0 Å². The summed E-state index contributed by atoms with van der Waals surface area (Å²) in [7, 11) is -2.16. The van der Waals surface area contributed by atoms with Crippen molar-refractivity contribution >= 4 is 20.1 Å². The summed E-state index contributed by atoms with van der Waals surface area (Å²) in [5, 5.41) is 22.7. The molecule has 1 aromatic rings. The van der Waals surface area contributed by atoms with E-state index in [2.05, 4.69) is 9.47 Å². The fraction of sp³-hybridized carbons (Fsp3) is 0.760. The first-order valence-electron chi connectivity index (χ1n) is 14.1. The zero-order valence-corrected chi connectivity index (χ0v) is 27.1. The van der Waals surface area contributed by atoms with E-state index >= 15 is 0 Å². The van der Waals surface area contributed by atoms with E-state index in [4.69, 9.17) is 46.7 Å². The van der Waals surface area contributed by atoms with Crippen LogP contribution in [0, 0.1) is 0 Å². The summed E-state index contributed by atoms with van der Waals surface area (Å²) in [4.78, 5) is 49.5. The van der Waals surface area contributed by atoms with Gasteiger partial charge in [0.15, 0.2) is 17.4 Å². The van der Waals surface area contributed by atoms with Gasteiger partial charge in [-0.15, -0.1) is 0 Å². The number of nitrogens with one attached hydrogen (secondary N) is 1. The van der Waals surface area contributed by atoms with Gasteiger partial charge in [0.1, 0.15) is 31.6 Å². The smallest absolute Gasteiger partial charge is 0.432 e. The molecule has 3 rings (SSSR count). The highest BCUT2D eigenvalue weighted by Crippen LogP contribution is 2.71. The fourth-order valence-corrected chi connectivity index (χ4v) is 5.69. The average molecular weight is 721 g/mol. The SMILES string of the molecule is COCCOCCOC(=O)OCOP(=O)(OCOC(=O)OCCOCCOC)OC1[C@@]2(O)[C@@](C)(O)[C@H](n3ccc(=O)[nH]c3=O)O[C@]12CF. The predicted octanol–water partition coefficient (Wildman–Crippen LogP) is -0.657. The number of phosphoric ester groups is 1. The third-order valence-electron chi connectivity index (χ3n) is 7.01. The Labute approximate surface area is 271 Å². The van der Waals surface area contributed by atoms with Crippen LogP contribution in [0.3, 0.4) is 0 Å². The third kappa shape index (κ3) is 9.15. The molecule has 3 N–H and O–H groups in total. The first-order valence-corrected chi connectivity index (χ1v) is 15.6. The van der Waals surface area contributed by atoms with Crippen LogP contribution in [0.5, 0.6) is 0 Å². The molecule has 0 aromatic carbocycles. The van der Waals surface area contributed by atoms with Gasteiger partial charge in [-0.1, -0.05) is 0 Å². The maximum absolute atomic E-state index is 14.5. The number of H-pyrrole nitrogens is 1. The Kier molecular flexibility index (Phi) is 14.4. The standard InChI is InChI=1S/C25H38FN2O19P/c1-23(33)19(28-5-4-17(29)27-20(28)30)46-24(14-26)18(25(23,24)34)47-48(35,44-15-42-21(31)40-12-10-38-8-6-36-2)45-16-43-22(32)41-13-11-39-9-7-37-3/h4-5,18-19,33-34H,6-16H2,1-3H3,(H,27,29,30)/t18?,19-,23+,24-,25-/m1/s1. The van der Waals surface area contributed by atoms with E-state index in [1.165, 1.54) is 14.2 Å². The van der Waals surface area contributed by atoms with Crippen LogP contribution >= 0.6 is 7.82 Å². The summed E-state index contributed by atoms with van der Waals surface area (Å²) >= 11 is 0. The fourth-order valence-electron chi connectivity index (χ4n) is 4.55. The zero-order chi connectivity index (χ0) is 35.4. The molecule has 1 unspecified atom stereocenters. The minimum absolute atomic E-state index is 0.00552. The predicted molar refractivity (Wildman–Crippen MR) is 150 cm³/mol. The Morgan fingerprint density at radius 1 is 0.917 bits per heavy atom. The molecule has 23 heteroatoms. The molecule has 2 heterocycles. The number of ether oxygens (including phenoxy) is 9. The normalized spacial score (nSPS) is 26.1. The first kappa shape index (κ1) is 39.4. The van der Waals surface area contributed by atoms with Crippen molar-refractivity contribution < 1.29 is 85.0 Å². The second kappa shape index (κ2) is 17.6. The minimum atomic E-state index is -5.11. The Balaban J connectivity index is 1.65. The van der Waals surface area contributed by atoms with Crippen molar-refractivity contribution in [3.05, 3.63) is 33.1 Å². The van der Waals surface area contributed by atoms with E-state index in [9.17, 15) is 38.3 Å². The largest absolute Gasteiger partial charge is 0.510 e. The molecule has 1 saturated heterocycles. The number of halogens is 1. The highest BCUT2D eigenvalue weighted by molar-refractivity contribution is 7.48. The number of aromatic amines is 1. The molecule has 48 heavy (non-hydrogen) atoms. The number of phosphoric acid groups is 1. The average Bonchev–Trinajstić information content (AvgIpc) is 3.48. The van der Waals surface area contributed by atoms with Gasteiger partial charge in [0.25, 0.3) is 5.56 Å². The lowest BCUT2D eigenvalue weighted by Gasteiger charge is -2.33. The van der Waals surface area contributed by atoms with Crippen molar-refractivity contribution in [1.29, 1.82) is 0 Å². The maximum Gasteiger partial charge on any atom is 0.510 e. The molecule has 1 saturated carbocycles. The van der Waals surface area contributed by atoms with Crippen molar-refractivity contribution in [3.63, 3.8) is 0 Å². The molecule has 5 atom stereocenters. The number of carbonyl (C=O) groups is 2. The lowest BCUT2D eigenvalue weighted by atomic mass is 9.94. The third-order valence-corrected chi connectivity index (χ3v) is 8.32. The lowest BCUT2D eigenvalue weighted by molar-refractivity contribution is -0.168. The molecule has 0 bridgehead atoms. The quantitative estimate of drug-likeness (QED) is 0.0581. The van der Waals surface area contributed by atoms with E-state index in [1.807, 2.05) is 4.98 Å². The molecular formula is C25H38FN2O19P. The van der Waals surface area contributed by atoms with Gasteiger partial charge in [0.2, 0.25) is 13.6 Å². The highest BCUT2D eigenvalue weighted by Gasteiger charge is 2.93. The van der Waals surface area contributed by atoms with Gasteiger partial charge in [0, 0.05) is 26.5 Å². The number of hydrogen-bond donors (Lipinski definition) is 3. The molecule has 1 aromatic heterocycles. The van der Waals surface area contributed by atoms with Crippen LogP contribution in [0.2, 0.25) is 0 Å². The number of hydrogen-bond acceptors (Lipinski definition) is 19. The van der Waals surface area contributed by atoms with Crippen LogP contribution in [-0.2, 0) is 60.8 Å². The number of aliphatic hydroxyl groups is 2. The number of methoxy groups -OCH3 is 2. The van der Waals surface area contributed by atoms with E-state index in [-0.39, 0.29) is 39.6 Å². The molecule has 0 spiro atoms. The molecule has 0 radical (unpaired) electrons. The Morgan fingerprint density at radius 3 is 1.90 bits per heavy atom.